The Hall–Kier alpha value is -2.85. The van der Waals surface area contributed by atoms with Crippen LogP contribution in [0, 0.1) is 0 Å². The summed E-state index contributed by atoms with van der Waals surface area (Å²) in [4.78, 5) is 15.4. The summed E-state index contributed by atoms with van der Waals surface area (Å²) in [6.45, 7) is 0.730. The van der Waals surface area contributed by atoms with Crippen molar-refractivity contribution in [3.63, 3.8) is 0 Å². The Bertz CT molecular complexity index is 1190. The summed E-state index contributed by atoms with van der Waals surface area (Å²) in [7, 11) is -3.31. The SMILES string of the molecule is O=C(c1cc(-c2ccc3c(c2)OCO3)n[nH]1)N1CCC(c2cccs2)S(=O)(=O)CC1. The van der Waals surface area contributed by atoms with Gasteiger partial charge in [-0.25, -0.2) is 8.42 Å². The number of ether oxygens (including phenoxy) is 2. The molecule has 1 saturated heterocycles. The third kappa shape index (κ3) is 3.46. The van der Waals surface area contributed by atoms with E-state index in [2.05, 4.69) is 10.2 Å². The van der Waals surface area contributed by atoms with Crippen molar-refractivity contribution in [1.29, 1.82) is 0 Å². The fraction of sp³-hybridized carbons (Fsp3) is 0.300. The Morgan fingerprint density at radius 2 is 2.03 bits per heavy atom. The van der Waals surface area contributed by atoms with Crippen LogP contribution < -0.4 is 9.47 Å². The summed E-state index contributed by atoms with van der Waals surface area (Å²) in [5, 5.41) is 8.36. The first-order valence-electron chi connectivity index (χ1n) is 9.51. The molecule has 10 heteroatoms. The molecule has 156 valence electrons. The molecular weight excluding hydrogens is 426 g/mol. The molecule has 1 fully saturated rings. The van der Waals surface area contributed by atoms with Crippen LogP contribution in [0.4, 0.5) is 0 Å². The molecule has 1 amide bonds. The number of aromatic nitrogens is 2. The molecule has 0 bridgehead atoms. The number of sulfone groups is 1. The van der Waals surface area contributed by atoms with E-state index in [-0.39, 0.29) is 25.0 Å². The molecule has 0 spiro atoms. The van der Waals surface area contributed by atoms with Gasteiger partial charge in [0.05, 0.1) is 16.7 Å². The quantitative estimate of drug-likeness (QED) is 0.665. The number of aromatic amines is 1. The molecule has 2 aliphatic rings. The summed E-state index contributed by atoms with van der Waals surface area (Å²) < 4.78 is 36.1. The van der Waals surface area contributed by atoms with Crippen LogP contribution in [0.1, 0.15) is 27.0 Å². The van der Waals surface area contributed by atoms with Gasteiger partial charge in [-0.2, -0.15) is 5.10 Å². The Kier molecular flexibility index (Phi) is 4.75. The minimum atomic E-state index is -3.31. The predicted molar refractivity (Wildman–Crippen MR) is 112 cm³/mol. The standard InChI is InChI=1S/C20H19N3O5S2/c24-20(23-6-5-19(18-2-1-8-29-18)30(25,26)9-7-23)15-11-14(21-22-15)13-3-4-16-17(10-13)28-12-27-16/h1-4,8,10-11,19H,5-7,9,12H2,(H,21,22). The van der Waals surface area contributed by atoms with Gasteiger partial charge in [0.2, 0.25) is 6.79 Å². The molecule has 3 aromatic rings. The molecule has 1 aromatic carbocycles. The normalized spacial score (nSPS) is 20.1. The van der Waals surface area contributed by atoms with Gasteiger partial charge in [-0.15, -0.1) is 11.3 Å². The monoisotopic (exact) mass is 445 g/mol. The van der Waals surface area contributed by atoms with Crippen LogP contribution in [-0.4, -0.2) is 55.1 Å². The number of hydrogen-bond donors (Lipinski definition) is 1. The van der Waals surface area contributed by atoms with Crippen LogP contribution in [0.15, 0.2) is 41.8 Å². The largest absolute Gasteiger partial charge is 0.454 e. The number of nitrogens with one attached hydrogen (secondary N) is 1. The Balaban J connectivity index is 1.34. The van der Waals surface area contributed by atoms with Crippen molar-refractivity contribution in [3.8, 4) is 22.8 Å². The highest BCUT2D eigenvalue weighted by molar-refractivity contribution is 7.91. The molecule has 1 unspecified atom stereocenters. The topological polar surface area (TPSA) is 102 Å². The zero-order valence-corrected chi connectivity index (χ0v) is 17.5. The van der Waals surface area contributed by atoms with Gasteiger partial charge >= 0.3 is 0 Å². The number of carbonyl (C=O) groups excluding carboxylic acids is 1. The first-order chi connectivity index (χ1) is 14.5. The number of rotatable bonds is 3. The Morgan fingerprint density at radius 3 is 2.87 bits per heavy atom. The van der Waals surface area contributed by atoms with E-state index >= 15 is 0 Å². The molecule has 0 radical (unpaired) electrons. The van der Waals surface area contributed by atoms with Gasteiger partial charge in [-0.05, 0) is 42.1 Å². The smallest absolute Gasteiger partial charge is 0.271 e. The number of H-pyrrole nitrogens is 1. The average Bonchev–Trinajstić information content (AvgIpc) is 3.49. The van der Waals surface area contributed by atoms with E-state index < -0.39 is 15.1 Å². The minimum absolute atomic E-state index is 0.0511. The summed E-state index contributed by atoms with van der Waals surface area (Å²) in [6.07, 6.45) is 0.387. The number of nitrogens with zero attached hydrogens (tertiary/aromatic N) is 2. The van der Waals surface area contributed by atoms with E-state index in [1.807, 2.05) is 29.6 Å². The highest BCUT2D eigenvalue weighted by Crippen LogP contribution is 2.36. The summed E-state index contributed by atoms with van der Waals surface area (Å²) in [6, 6.07) is 10.8. The van der Waals surface area contributed by atoms with Crippen molar-refractivity contribution in [2.24, 2.45) is 0 Å². The van der Waals surface area contributed by atoms with Crippen molar-refractivity contribution >= 4 is 27.1 Å². The number of benzene rings is 1. The second-order valence-electron chi connectivity index (χ2n) is 7.19. The van der Waals surface area contributed by atoms with Crippen LogP contribution in [0.5, 0.6) is 11.5 Å². The van der Waals surface area contributed by atoms with E-state index in [1.165, 1.54) is 11.3 Å². The van der Waals surface area contributed by atoms with E-state index in [1.54, 1.807) is 17.0 Å². The molecule has 0 aliphatic carbocycles. The van der Waals surface area contributed by atoms with Crippen molar-refractivity contribution in [3.05, 3.63) is 52.3 Å². The molecule has 8 nitrogen and oxygen atoms in total. The van der Waals surface area contributed by atoms with Crippen LogP contribution in [0.2, 0.25) is 0 Å². The lowest BCUT2D eigenvalue weighted by Crippen LogP contribution is -2.33. The van der Waals surface area contributed by atoms with Gasteiger partial charge < -0.3 is 14.4 Å². The summed E-state index contributed by atoms with van der Waals surface area (Å²) in [5.41, 5.74) is 1.73. The number of thiophene rings is 1. The van der Waals surface area contributed by atoms with Crippen molar-refractivity contribution < 1.29 is 22.7 Å². The number of carbonyl (C=O) groups is 1. The minimum Gasteiger partial charge on any atom is -0.454 e. The fourth-order valence-corrected chi connectivity index (χ4v) is 6.75. The first kappa shape index (κ1) is 19.1. The van der Waals surface area contributed by atoms with Crippen LogP contribution in [0.25, 0.3) is 11.3 Å². The van der Waals surface area contributed by atoms with Gasteiger partial charge in [0.25, 0.3) is 5.91 Å². The first-order valence-corrected chi connectivity index (χ1v) is 12.1. The maximum atomic E-state index is 13.0. The lowest BCUT2D eigenvalue weighted by molar-refractivity contribution is 0.0760. The maximum Gasteiger partial charge on any atom is 0.271 e. The predicted octanol–water partition coefficient (Wildman–Crippen LogP) is 2.87. The van der Waals surface area contributed by atoms with Gasteiger partial charge in [0.15, 0.2) is 21.3 Å². The van der Waals surface area contributed by atoms with Crippen molar-refractivity contribution in [1.82, 2.24) is 15.1 Å². The van der Waals surface area contributed by atoms with Crippen LogP contribution >= 0.6 is 11.3 Å². The van der Waals surface area contributed by atoms with Gasteiger partial charge in [0.1, 0.15) is 5.69 Å². The molecule has 2 aliphatic heterocycles. The second kappa shape index (κ2) is 7.44. The van der Waals surface area contributed by atoms with Gasteiger partial charge in [0, 0.05) is 23.5 Å². The molecule has 1 N–H and O–H groups in total. The lowest BCUT2D eigenvalue weighted by Gasteiger charge is -2.18. The third-order valence-electron chi connectivity index (χ3n) is 5.36. The lowest BCUT2D eigenvalue weighted by atomic mass is 10.1. The summed E-state index contributed by atoms with van der Waals surface area (Å²) >= 11 is 1.44. The Morgan fingerprint density at radius 1 is 1.17 bits per heavy atom. The van der Waals surface area contributed by atoms with E-state index in [9.17, 15) is 13.2 Å². The second-order valence-corrected chi connectivity index (χ2v) is 10.5. The van der Waals surface area contributed by atoms with Crippen LogP contribution in [-0.2, 0) is 9.84 Å². The van der Waals surface area contributed by atoms with Crippen LogP contribution in [0.3, 0.4) is 0 Å². The molecule has 2 aromatic heterocycles. The van der Waals surface area contributed by atoms with E-state index in [4.69, 9.17) is 9.47 Å². The third-order valence-corrected chi connectivity index (χ3v) is 8.61. The highest BCUT2D eigenvalue weighted by Gasteiger charge is 2.33. The number of fused-ring (bicyclic) bond motifs is 1. The molecule has 4 heterocycles. The molecular formula is C20H19N3O5S2. The molecule has 5 rings (SSSR count). The van der Waals surface area contributed by atoms with Crippen molar-refractivity contribution in [2.75, 3.05) is 25.6 Å². The fourth-order valence-electron chi connectivity index (χ4n) is 3.75. The number of amides is 1. The van der Waals surface area contributed by atoms with Gasteiger partial charge in [-0.3, -0.25) is 9.89 Å². The van der Waals surface area contributed by atoms with Gasteiger partial charge in [-0.1, -0.05) is 6.07 Å². The number of hydrogen-bond acceptors (Lipinski definition) is 7. The molecule has 1 atom stereocenters. The zero-order valence-electron chi connectivity index (χ0n) is 15.9. The zero-order chi connectivity index (χ0) is 20.7. The average molecular weight is 446 g/mol. The van der Waals surface area contributed by atoms with E-state index in [0.29, 0.717) is 35.9 Å². The van der Waals surface area contributed by atoms with E-state index in [0.717, 1.165) is 10.4 Å². The Labute approximate surface area is 177 Å². The molecule has 30 heavy (non-hydrogen) atoms. The maximum absolute atomic E-state index is 13.0. The summed E-state index contributed by atoms with van der Waals surface area (Å²) in [5.74, 6) is 1.01. The van der Waals surface area contributed by atoms with Crippen molar-refractivity contribution in [2.45, 2.75) is 11.7 Å². The highest BCUT2D eigenvalue weighted by atomic mass is 32.2. The molecule has 0 saturated carbocycles.